The van der Waals surface area contributed by atoms with Gasteiger partial charge in [-0.1, -0.05) is 54.1 Å². The number of hydrogen-bond donors (Lipinski definition) is 2. The molecule has 0 amide bonds. The summed E-state index contributed by atoms with van der Waals surface area (Å²) in [6.07, 6.45) is 3.52. The van der Waals surface area contributed by atoms with Crippen molar-refractivity contribution in [3.63, 3.8) is 0 Å². The molecule has 24 heavy (non-hydrogen) atoms. The molecule has 1 heterocycles. The molecule has 2 aromatic carbocycles. The van der Waals surface area contributed by atoms with Crippen LogP contribution < -0.4 is 10.6 Å². The standard InChI is InChI=1S/C21H27ClN2/c22-21-8-6-17(7-9-21)10-12-23-13-11-19-15-24-16-20(19)14-18-4-2-1-3-5-18/h1-9,19-20,23-24H,10-16H2/t19-,20-/m0/s1. The molecule has 3 heteroatoms. The topological polar surface area (TPSA) is 24.1 Å². The lowest BCUT2D eigenvalue weighted by molar-refractivity contribution is 0.383. The number of nitrogens with one attached hydrogen (secondary N) is 2. The molecular formula is C21H27ClN2. The summed E-state index contributed by atoms with van der Waals surface area (Å²) in [6, 6.07) is 19.0. The van der Waals surface area contributed by atoms with Crippen LogP contribution in [-0.2, 0) is 12.8 Å². The van der Waals surface area contributed by atoms with Gasteiger partial charge in [0.15, 0.2) is 0 Å². The van der Waals surface area contributed by atoms with E-state index in [1.54, 1.807) is 0 Å². The summed E-state index contributed by atoms with van der Waals surface area (Å²) in [4.78, 5) is 0. The molecule has 0 aromatic heterocycles. The zero-order chi connectivity index (χ0) is 16.6. The monoisotopic (exact) mass is 342 g/mol. The minimum absolute atomic E-state index is 0.769. The van der Waals surface area contributed by atoms with Crippen molar-refractivity contribution in [2.24, 2.45) is 11.8 Å². The molecule has 2 atom stereocenters. The van der Waals surface area contributed by atoms with Gasteiger partial charge in [0.05, 0.1) is 0 Å². The van der Waals surface area contributed by atoms with Crippen LogP contribution in [0, 0.1) is 11.8 Å². The Morgan fingerprint density at radius 1 is 0.875 bits per heavy atom. The summed E-state index contributed by atoms with van der Waals surface area (Å²) in [5.74, 6) is 1.55. The number of rotatable bonds is 8. The molecule has 1 aliphatic rings. The zero-order valence-electron chi connectivity index (χ0n) is 14.2. The third-order valence-corrected chi connectivity index (χ3v) is 5.27. The van der Waals surface area contributed by atoms with Gasteiger partial charge in [0.1, 0.15) is 0 Å². The largest absolute Gasteiger partial charge is 0.316 e. The average Bonchev–Trinajstić information content (AvgIpc) is 3.04. The maximum atomic E-state index is 5.92. The maximum Gasteiger partial charge on any atom is 0.0406 e. The third kappa shape index (κ3) is 5.34. The van der Waals surface area contributed by atoms with E-state index in [0.717, 1.165) is 49.5 Å². The molecule has 0 saturated carbocycles. The van der Waals surface area contributed by atoms with Crippen molar-refractivity contribution in [1.29, 1.82) is 0 Å². The zero-order valence-corrected chi connectivity index (χ0v) is 14.9. The van der Waals surface area contributed by atoms with Gasteiger partial charge in [0.2, 0.25) is 0 Å². The lowest BCUT2D eigenvalue weighted by Crippen LogP contribution is -2.24. The number of benzene rings is 2. The van der Waals surface area contributed by atoms with Crippen molar-refractivity contribution >= 4 is 11.6 Å². The molecule has 2 aromatic rings. The van der Waals surface area contributed by atoms with Crippen LogP contribution in [0.2, 0.25) is 5.02 Å². The fraction of sp³-hybridized carbons (Fsp3) is 0.429. The van der Waals surface area contributed by atoms with Crippen LogP contribution in [0.1, 0.15) is 17.5 Å². The van der Waals surface area contributed by atoms with Crippen LogP contribution in [0.3, 0.4) is 0 Å². The summed E-state index contributed by atoms with van der Waals surface area (Å²) >= 11 is 5.92. The molecule has 0 unspecified atom stereocenters. The van der Waals surface area contributed by atoms with E-state index in [0.29, 0.717) is 0 Å². The van der Waals surface area contributed by atoms with Gasteiger partial charge in [-0.3, -0.25) is 0 Å². The summed E-state index contributed by atoms with van der Waals surface area (Å²) in [6.45, 7) is 4.46. The molecular weight excluding hydrogens is 316 g/mol. The van der Waals surface area contributed by atoms with Crippen molar-refractivity contribution in [2.75, 3.05) is 26.2 Å². The van der Waals surface area contributed by atoms with Crippen LogP contribution in [-0.4, -0.2) is 26.2 Å². The lowest BCUT2D eigenvalue weighted by atomic mass is 9.87. The predicted octanol–water partition coefficient (Wildman–Crippen LogP) is 3.94. The highest BCUT2D eigenvalue weighted by Gasteiger charge is 2.26. The Morgan fingerprint density at radius 2 is 1.62 bits per heavy atom. The highest BCUT2D eigenvalue weighted by molar-refractivity contribution is 6.30. The first kappa shape index (κ1) is 17.5. The second-order valence-electron chi connectivity index (χ2n) is 6.78. The Morgan fingerprint density at radius 3 is 2.42 bits per heavy atom. The van der Waals surface area contributed by atoms with Crippen molar-refractivity contribution in [1.82, 2.24) is 10.6 Å². The van der Waals surface area contributed by atoms with E-state index in [1.807, 2.05) is 12.1 Å². The maximum absolute atomic E-state index is 5.92. The van der Waals surface area contributed by atoms with E-state index in [2.05, 4.69) is 53.1 Å². The van der Waals surface area contributed by atoms with Gasteiger partial charge in [0.25, 0.3) is 0 Å². The van der Waals surface area contributed by atoms with Crippen LogP contribution >= 0.6 is 11.6 Å². The molecule has 1 fully saturated rings. The minimum Gasteiger partial charge on any atom is -0.316 e. The third-order valence-electron chi connectivity index (χ3n) is 5.02. The molecule has 3 rings (SSSR count). The van der Waals surface area contributed by atoms with E-state index in [-0.39, 0.29) is 0 Å². The molecule has 2 nitrogen and oxygen atoms in total. The van der Waals surface area contributed by atoms with E-state index >= 15 is 0 Å². The molecule has 0 spiro atoms. The average molecular weight is 343 g/mol. The summed E-state index contributed by atoms with van der Waals surface area (Å²) in [5.41, 5.74) is 2.81. The van der Waals surface area contributed by atoms with Crippen molar-refractivity contribution < 1.29 is 0 Å². The highest BCUT2D eigenvalue weighted by Crippen LogP contribution is 2.24. The van der Waals surface area contributed by atoms with Crippen molar-refractivity contribution in [3.8, 4) is 0 Å². The van der Waals surface area contributed by atoms with E-state index in [9.17, 15) is 0 Å². The Hall–Kier alpha value is -1.35. The second kappa shape index (κ2) is 9.22. The van der Waals surface area contributed by atoms with Gasteiger partial charge in [-0.2, -0.15) is 0 Å². The fourth-order valence-electron chi connectivity index (χ4n) is 3.58. The first-order chi connectivity index (χ1) is 11.8. The highest BCUT2D eigenvalue weighted by atomic mass is 35.5. The molecule has 0 radical (unpaired) electrons. The van der Waals surface area contributed by atoms with E-state index < -0.39 is 0 Å². The number of halogens is 1. The summed E-state index contributed by atoms with van der Waals surface area (Å²) < 4.78 is 0. The molecule has 2 N–H and O–H groups in total. The fourth-order valence-corrected chi connectivity index (χ4v) is 3.70. The van der Waals surface area contributed by atoms with Gasteiger partial charge in [-0.25, -0.2) is 0 Å². The van der Waals surface area contributed by atoms with E-state index in [4.69, 9.17) is 11.6 Å². The Bertz CT molecular complexity index is 597. The Balaban J connectivity index is 1.35. The quantitative estimate of drug-likeness (QED) is 0.710. The first-order valence-electron chi connectivity index (χ1n) is 9.01. The van der Waals surface area contributed by atoms with E-state index in [1.165, 1.54) is 24.0 Å². The predicted molar refractivity (Wildman–Crippen MR) is 103 cm³/mol. The van der Waals surface area contributed by atoms with Gasteiger partial charge in [-0.15, -0.1) is 0 Å². The van der Waals surface area contributed by atoms with Crippen molar-refractivity contribution in [3.05, 3.63) is 70.7 Å². The Kier molecular flexibility index (Phi) is 6.71. The van der Waals surface area contributed by atoms with Crippen molar-refractivity contribution in [2.45, 2.75) is 19.3 Å². The Labute approximate surface area is 150 Å². The van der Waals surface area contributed by atoms with Gasteiger partial charge >= 0.3 is 0 Å². The van der Waals surface area contributed by atoms with Gasteiger partial charge in [-0.05, 0) is 80.5 Å². The molecule has 0 bridgehead atoms. The molecule has 1 saturated heterocycles. The lowest BCUT2D eigenvalue weighted by Gasteiger charge is -2.19. The van der Waals surface area contributed by atoms with Gasteiger partial charge in [0, 0.05) is 5.02 Å². The smallest absolute Gasteiger partial charge is 0.0406 e. The number of hydrogen-bond acceptors (Lipinski definition) is 2. The summed E-state index contributed by atoms with van der Waals surface area (Å²) in [7, 11) is 0. The minimum atomic E-state index is 0.769. The summed E-state index contributed by atoms with van der Waals surface area (Å²) in [5, 5.41) is 7.98. The normalized spacial score (nSPS) is 20.4. The van der Waals surface area contributed by atoms with Crippen LogP contribution in [0.25, 0.3) is 0 Å². The SMILES string of the molecule is Clc1ccc(CCNCC[C@H]2CNC[C@@H]2Cc2ccccc2)cc1. The molecule has 128 valence electrons. The molecule has 1 aliphatic heterocycles. The van der Waals surface area contributed by atoms with Crippen LogP contribution in [0.4, 0.5) is 0 Å². The molecule has 0 aliphatic carbocycles. The van der Waals surface area contributed by atoms with Crippen LogP contribution in [0.5, 0.6) is 0 Å². The van der Waals surface area contributed by atoms with Crippen LogP contribution in [0.15, 0.2) is 54.6 Å². The first-order valence-corrected chi connectivity index (χ1v) is 9.39. The second-order valence-corrected chi connectivity index (χ2v) is 7.22. The van der Waals surface area contributed by atoms with Gasteiger partial charge < -0.3 is 10.6 Å².